The maximum absolute atomic E-state index is 13.0. The Morgan fingerprint density at radius 2 is 1.83 bits per heavy atom. The van der Waals surface area contributed by atoms with E-state index in [-0.39, 0.29) is 23.9 Å². The van der Waals surface area contributed by atoms with Gasteiger partial charge in [0.15, 0.2) is 0 Å². The van der Waals surface area contributed by atoms with E-state index in [0.29, 0.717) is 33.4 Å². The number of nitrogens with zero attached hydrogens (tertiary/aromatic N) is 5. The molecule has 0 fully saturated rings. The van der Waals surface area contributed by atoms with E-state index in [1.807, 2.05) is 37.3 Å². The highest BCUT2D eigenvalue weighted by atomic mass is 35.5. The van der Waals surface area contributed by atoms with Crippen molar-refractivity contribution in [2.75, 3.05) is 23.8 Å². The molecule has 13 heteroatoms. The van der Waals surface area contributed by atoms with Gasteiger partial charge >= 0.3 is 0 Å². The quantitative estimate of drug-likeness (QED) is 0.184. The Morgan fingerprint density at radius 3 is 2.59 bits per heavy atom. The van der Waals surface area contributed by atoms with Crippen molar-refractivity contribution in [2.45, 2.75) is 13.5 Å². The van der Waals surface area contributed by atoms with Crippen LogP contribution in [0.3, 0.4) is 0 Å². The number of nitrogens with one attached hydrogen (secondary N) is 2. The lowest BCUT2D eigenvalue weighted by molar-refractivity contribution is -0.122. The van der Waals surface area contributed by atoms with Gasteiger partial charge in [-0.1, -0.05) is 41.4 Å². The first-order chi connectivity index (χ1) is 22.2. The number of carbonyl (C=O) groups is 3. The lowest BCUT2D eigenvalue weighted by Crippen LogP contribution is -2.37. The topological polar surface area (TPSA) is 139 Å². The van der Waals surface area contributed by atoms with E-state index in [0.717, 1.165) is 16.6 Å². The van der Waals surface area contributed by atoms with Crippen molar-refractivity contribution in [1.82, 2.24) is 25.3 Å². The van der Waals surface area contributed by atoms with Gasteiger partial charge in [0.2, 0.25) is 11.8 Å². The van der Waals surface area contributed by atoms with Crippen molar-refractivity contribution in [1.29, 1.82) is 0 Å². The molecule has 0 radical (unpaired) electrons. The first-order valence-corrected chi connectivity index (χ1v) is 14.7. The van der Waals surface area contributed by atoms with Crippen LogP contribution in [0, 0.1) is 6.92 Å². The van der Waals surface area contributed by atoms with E-state index >= 15 is 0 Å². The Balaban J connectivity index is 1.16. The molecule has 0 saturated carbocycles. The predicted molar refractivity (Wildman–Crippen MR) is 177 cm³/mol. The molecule has 0 spiro atoms. The molecule has 0 aliphatic carbocycles. The molecule has 0 saturated heterocycles. The number of carbonyl (C=O) groups excluding carboxylic acids is 3. The Bertz CT molecular complexity index is 1940. The minimum absolute atomic E-state index is 0.0493. The number of halogens is 2. The molecule has 0 atom stereocenters. The van der Waals surface area contributed by atoms with E-state index < -0.39 is 17.7 Å². The van der Waals surface area contributed by atoms with Crippen molar-refractivity contribution in [3.63, 3.8) is 0 Å². The van der Waals surface area contributed by atoms with E-state index in [1.54, 1.807) is 31.3 Å². The number of hydrogen-bond acceptors (Lipinski definition) is 8. The maximum atomic E-state index is 13.0. The van der Waals surface area contributed by atoms with Crippen LogP contribution in [0.1, 0.15) is 27.3 Å². The Hall–Kier alpha value is -5.39. The van der Waals surface area contributed by atoms with Crippen molar-refractivity contribution in [2.24, 2.45) is 0 Å². The van der Waals surface area contributed by atoms with Gasteiger partial charge in [-0.15, -0.1) is 0 Å². The highest BCUT2D eigenvalue weighted by molar-refractivity contribution is 6.38. The molecule has 0 bridgehead atoms. The number of para-hydroxylation sites is 1. The SMILES string of the molecule is Cc1ccc2cccc(OCc3c(Cl)ccc(N(C)C(=O)CNC(=O)/C=C/c4ccc(NC(=O)c5cnccn5)nc4)c3Cl)c2n1. The van der Waals surface area contributed by atoms with Gasteiger partial charge in [0.05, 0.1) is 23.5 Å². The molecular weight excluding hydrogens is 629 g/mol. The van der Waals surface area contributed by atoms with E-state index in [9.17, 15) is 14.4 Å². The molecule has 2 aromatic carbocycles. The third-order valence-electron chi connectivity index (χ3n) is 6.76. The average molecular weight is 657 g/mol. The summed E-state index contributed by atoms with van der Waals surface area (Å²) >= 11 is 13.2. The molecule has 3 aromatic heterocycles. The first-order valence-electron chi connectivity index (χ1n) is 13.9. The number of likely N-dealkylation sites (N-methyl/N-ethyl adjacent to an activating group) is 1. The molecule has 3 heterocycles. The van der Waals surface area contributed by atoms with Crippen molar-refractivity contribution >= 4 is 69.4 Å². The minimum atomic E-state index is -0.489. The van der Waals surface area contributed by atoms with E-state index in [4.69, 9.17) is 27.9 Å². The first kappa shape index (κ1) is 32.0. The average Bonchev–Trinajstić information content (AvgIpc) is 3.07. The number of rotatable bonds is 10. The number of pyridine rings is 2. The molecule has 11 nitrogen and oxygen atoms in total. The summed E-state index contributed by atoms with van der Waals surface area (Å²) in [5.74, 6) is -0.456. The summed E-state index contributed by atoms with van der Waals surface area (Å²) in [5, 5.41) is 6.75. The van der Waals surface area contributed by atoms with Crippen LogP contribution in [0.2, 0.25) is 10.0 Å². The monoisotopic (exact) mass is 655 g/mol. The normalized spacial score (nSPS) is 11.0. The molecule has 46 heavy (non-hydrogen) atoms. The molecule has 0 aliphatic rings. The van der Waals surface area contributed by atoms with Gasteiger partial charge in [-0.2, -0.15) is 0 Å². The van der Waals surface area contributed by atoms with Crippen LogP contribution in [-0.4, -0.2) is 51.2 Å². The van der Waals surface area contributed by atoms with Crippen molar-refractivity contribution in [3.05, 3.63) is 118 Å². The fourth-order valence-electron chi connectivity index (χ4n) is 4.28. The second kappa shape index (κ2) is 14.6. The molecule has 5 aromatic rings. The third-order valence-corrected chi connectivity index (χ3v) is 7.54. The zero-order chi connectivity index (χ0) is 32.6. The van der Waals surface area contributed by atoms with Gasteiger partial charge < -0.3 is 20.3 Å². The standard InChI is InChI=1S/C33H27Cl2N7O4/c1-20-6-9-22-4-3-5-27(32(22)40-20)46-19-23-24(34)10-11-26(31(23)35)42(2)30(44)18-39-29(43)13-8-21-7-12-28(38-16-21)41-33(45)25-17-36-14-15-37-25/h3-17H,18-19H2,1-2H3,(H,39,43)(H,38,41,45)/b13-8+. The van der Waals surface area contributed by atoms with E-state index in [2.05, 4.69) is 30.6 Å². The largest absolute Gasteiger partial charge is 0.487 e. The number of benzene rings is 2. The van der Waals surface area contributed by atoms with Crippen LogP contribution < -0.4 is 20.3 Å². The second-order valence-electron chi connectivity index (χ2n) is 9.95. The number of amides is 3. The summed E-state index contributed by atoms with van der Waals surface area (Å²) in [4.78, 5) is 55.5. The van der Waals surface area contributed by atoms with Crippen LogP contribution in [0.25, 0.3) is 17.0 Å². The number of ether oxygens (including phenoxy) is 1. The molecule has 3 amide bonds. The van der Waals surface area contributed by atoms with E-state index in [1.165, 1.54) is 41.8 Å². The molecule has 5 rings (SSSR count). The van der Waals surface area contributed by atoms with Gasteiger partial charge in [-0.25, -0.2) is 15.0 Å². The zero-order valence-electron chi connectivity index (χ0n) is 24.7. The lowest BCUT2D eigenvalue weighted by atomic mass is 10.1. The number of hydrogen-bond donors (Lipinski definition) is 2. The van der Waals surface area contributed by atoms with Crippen LogP contribution in [-0.2, 0) is 16.2 Å². The van der Waals surface area contributed by atoms with Gasteiger partial charge in [-0.05, 0) is 55.0 Å². The fraction of sp³-hybridized carbons (Fsp3) is 0.121. The van der Waals surface area contributed by atoms with Crippen molar-refractivity contribution < 1.29 is 19.1 Å². The minimum Gasteiger partial charge on any atom is -0.487 e. The van der Waals surface area contributed by atoms with Gasteiger partial charge in [0.1, 0.15) is 29.4 Å². The van der Waals surface area contributed by atoms with Gasteiger partial charge in [0.25, 0.3) is 5.91 Å². The smallest absolute Gasteiger partial charge is 0.277 e. The Labute approximate surface area is 274 Å². The van der Waals surface area contributed by atoms with Gasteiger partial charge in [-0.3, -0.25) is 19.4 Å². The highest BCUT2D eigenvalue weighted by Crippen LogP contribution is 2.35. The van der Waals surface area contributed by atoms with Crippen LogP contribution in [0.4, 0.5) is 11.5 Å². The van der Waals surface area contributed by atoms with Crippen LogP contribution in [0.5, 0.6) is 5.75 Å². The summed E-state index contributed by atoms with van der Waals surface area (Å²) in [6.07, 6.45) is 8.51. The fourth-order valence-corrected chi connectivity index (χ4v) is 4.89. The summed E-state index contributed by atoms with van der Waals surface area (Å²) in [7, 11) is 1.55. The molecular formula is C33H27Cl2N7O4. The maximum Gasteiger partial charge on any atom is 0.277 e. The number of fused-ring (bicyclic) bond motifs is 1. The van der Waals surface area contributed by atoms with Crippen LogP contribution >= 0.6 is 23.2 Å². The Kier molecular flexibility index (Phi) is 10.2. The molecule has 232 valence electrons. The predicted octanol–water partition coefficient (Wildman–Crippen LogP) is 5.66. The highest BCUT2D eigenvalue weighted by Gasteiger charge is 2.19. The number of aryl methyl sites for hydroxylation is 1. The third kappa shape index (κ3) is 7.81. The Morgan fingerprint density at radius 1 is 0.978 bits per heavy atom. The number of anilines is 2. The summed E-state index contributed by atoms with van der Waals surface area (Å²) in [6, 6.07) is 16.1. The van der Waals surface area contributed by atoms with Crippen molar-refractivity contribution in [3.8, 4) is 5.75 Å². The van der Waals surface area contributed by atoms with Crippen LogP contribution in [0.15, 0.2) is 85.5 Å². The second-order valence-corrected chi connectivity index (χ2v) is 10.7. The summed E-state index contributed by atoms with van der Waals surface area (Å²) in [5.41, 5.74) is 3.25. The molecule has 0 aliphatic heterocycles. The molecule has 2 N–H and O–H groups in total. The molecule has 0 unspecified atom stereocenters. The van der Waals surface area contributed by atoms with Gasteiger partial charge in [0, 0.05) is 53.4 Å². The number of aromatic nitrogens is 4. The lowest BCUT2D eigenvalue weighted by Gasteiger charge is -2.21. The summed E-state index contributed by atoms with van der Waals surface area (Å²) < 4.78 is 6.07. The zero-order valence-corrected chi connectivity index (χ0v) is 26.2. The summed E-state index contributed by atoms with van der Waals surface area (Å²) in [6.45, 7) is 1.67.